The van der Waals surface area contributed by atoms with Crippen LogP contribution in [0.3, 0.4) is 0 Å². The number of nitrogens with one attached hydrogen (secondary N) is 1. The molecular weight excluding hydrogens is 248 g/mol. The first kappa shape index (κ1) is 14.5. The van der Waals surface area contributed by atoms with Gasteiger partial charge in [0, 0.05) is 24.0 Å². The molecule has 0 amide bonds. The molecule has 3 heteroatoms. The van der Waals surface area contributed by atoms with E-state index in [1.165, 1.54) is 5.56 Å². The molecular formula is C17H22N2O. The van der Waals surface area contributed by atoms with Crippen molar-refractivity contribution in [2.24, 2.45) is 0 Å². The summed E-state index contributed by atoms with van der Waals surface area (Å²) >= 11 is 0. The first-order valence-electron chi connectivity index (χ1n) is 7.05. The zero-order valence-electron chi connectivity index (χ0n) is 12.4. The van der Waals surface area contributed by atoms with Crippen LogP contribution in [0.15, 0.2) is 42.7 Å². The average Bonchev–Trinajstić information content (AvgIpc) is 2.46. The lowest BCUT2D eigenvalue weighted by molar-refractivity contribution is 0.305. The molecule has 1 heterocycles. The Morgan fingerprint density at radius 1 is 1.20 bits per heavy atom. The van der Waals surface area contributed by atoms with Gasteiger partial charge < -0.3 is 10.1 Å². The highest BCUT2D eigenvalue weighted by atomic mass is 16.5. The van der Waals surface area contributed by atoms with Gasteiger partial charge >= 0.3 is 0 Å². The fraction of sp³-hybridized carbons (Fsp3) is 0.353. The number of hydrogen-bond donors (Lipinski definition) is 1. The summed E-state index contributed by atoms with van der Waals surface area (Å²) in [5.74, 6) is 0.888. The highest BCUT2D eigenvalue weighted by Gasteiger charge is 2.03. The minimum Gasteiger partial charge on any atom is -0.489 e. The molecule has 106 valence electrons. The van der Waals surface area contributed by atoms with Crippen molar-refractivity contribution in [1.82, 2.24) is 10.3 Å². The van der Waals surface area contributed by atoms with E-state index in [1.807, 2.05) is 31.5 Å². The molecule has 0 spiro atoms. The Morgan fingerprint density at radius 2 is 1.95 bits per heavy atom. The summed E-state index contributed by atoms with van der Waals surface area (Å²) in [5, 5.41) is 3.40. The van der Waals surface area contributed by atoms with E-state index in [-0.39, 0.29) is 0 Å². The first-order valence-corrected chi connectivity index (χ1v) is 7.05. The molecule has 1 atom stereocenters. The van der Waals surface area contributed by atoms with Crippen molar-refractivity contribution in [2.45, 2.75) is 33.4 Å². The van der Waals surface area contributed by atoms with Crippen molar-refractivity contribution >= 4 is 0 Å². The van der Waals surface area contributed by atoms with E-state index in [0.717, 1.165) is 23.4 Å². The lowest BCUT2D eigenvalue weighted by Crippen LogP contribution is -2.17. The topological polar surface area (TPSA) is 34.1 Å². The largest absolute Gasteiger partial charge is 0.489 e. The van der Waals surface area contributed by atoms with Gasteiger partial charge in [-0.2, -0.15) is 0 Å². The fourth-order valence-corrected chi connectivity index (χ4v) is 2.14. The normalized spacial score (nSPS) is 12.2. The second-order valence-corrected chi connectivity index (χ2v) is 5.01. The number of benzene rings is 1. The molecule has 0 aliphatic carbocycles. The summed E-state index contributed by atoms with van der Waals surface area (Å²) < 4.78 is 5.78. The summed E-state index contributed by atoms with van der Waals surface area (Å²) in [6, 6.07) is 10.7. The number of nitrogens with zero attached hydrogens (tertiary/aromatic N) is 1. The fourth-order valence-electron chi connectivity index (χ4n) is 2.14. The van der Waals surface area contributed by atoms with E-state index in [2.05, 4.69) is 42.3 Å². The van der Waals surface area contributed by atoms with Crippen LogP contribution in [0.1, 0.15) is 36.6 Å². The first-order chi connectivity index (χ1) is 9.69. The van der Waals surface area contributed by atoms with E-state index >= 15 is 0 Å². The maximum absolute atomic E-state index is 5.78. The van der Waals surface area contributed by atoms with Gasteiger partial charge in [-0.15, -0.1) is 0 Å². The van der Waals surface area contributed by atoms with Crippen molar-refractivity contribution in [3.05, 3.63) is 59.4 Å². The zero-order valence-corrected chi connectivity index (χ0v) is 12.4. The molecule has 0 radical (unpaired) electrons. The van der Waals surface area contributed by atoms with E-state index in [4.69, 9.17) is 4.74 Å². The van der Waals surface area contributed by atoms with Gasteiger partial charge in [0.05, 0.1) is 0 Å². The van der Waals surface area contributed by atoms with Crippen molar-refractivity contribution in [3.63, 3.8) is 0 Å². The molecule has 0 bridgehead atoms. The Bertz CT molecular complexity index is 537. The van der Waals surface area contributed by atoms with Crippen molar-refractivity contribution in [2.75, 3.05) is 6.54 Å². The Kier molecular flexibility index (Phi) is 5.13. The minimum atomic E-state index is 0.370. The number of aryl methyl sites for hydroxylation is 1. The molecule has 1 unspecified atom stereocenters. The molecule has 20 heavy (non-hydrogen) atoms. The lowest BCUT2D eigenvalue weighted by atomic mass is 10.1. The van der Waals surface area contributed by atoms with E-state index < -0.39 is 0 Å². The number of rotatable bonds is 6. The Labute approximate surface area is 121 Å². The predicted molar refractivity (Wildman–Crippen MR) is 81.8 cm³/mol. The van der Waals surface area contributed by atoms with Crippen LogP contribution in [-0.4, -0.2) is 11.5 Å². The number of hydrogen-bond acceptors (Lipinski definition) is 3. The van der Waals surface area contributed by atoms with Gasteiger partial charge in [0.2, 0.25) is 0 Å². The summed E-state index contributed by atoms with van der Waals surface area (Å²) in [7, 11) is 0. The highest BCUT2D eigenvalue weighted by Crippen LogP contribution is 2.18. The third-order valence-electron chi connectivity index (χ3n) is 3.23. The molecule has 0 aliphatic heterocycles. The molecule has 0 saturated carbocycles. The molecule has 0 saturated heterocycles. The number of ether oxygens (including phenoxy) is 1. The van der Waals surface area contributed by atoms with Crippen LogP contribution in [0, 0.1) is 6.92 Å². The quantitative estimate of drug-likeness (QED) is 0.870. The number of pyridine rings is 1. The molecule has 0 aliphatic rings. The molecule has 2 aromatic rings. The lowest BCUT2D eigenvalue weighted by Gasteiger charge is -2.13. The van der Waals surface area contributed by atoms with Crippen LogP contribution in [-0.2, 0) is 6.61 Å². The SMILES string of the molecule is CCNC(C)c1ccc(OCc2cncc(C)c2)cc1. The van der Waals surface area contributed by atoms with E-state index in [0.29, 0.717) is 12.6 Å². The van der Waals surface area contributed by atoms with Gasteiger partial charge in [-0.3, -0.25) is 4.98 Å². The maximum atomic E-state index is 5.78. The minimum absolute atomic E-state index is 0.370. The van der Waals surface area contributed by atoms with Crippen LogP contribution in [0.25, 0.3) is 0 Å². The van der Waals surface area contributed by atoms with Gasteiger partial charge in [-0.1, -0.05) is 19.1 Å². The van der Waals surface area contributed by atoms with Crippen LogP contribution in [0.4, 0.5) is 0 Å². The second kappa shape index (κ2) is 7.06. The van der Waals surface area contributed by atoms with Crippen molar-refractivity contribution in [1.29, 1.82) is 0 Å². The van der Waals surface area contributed by atoms with Gasteiger partial charge in [-0.05, 0) is 49.7 Å². The molecule has 3 nitrogen and oxygen atoms in total. The second-order valence-electron chi connectivity index (χ2n) is 5.01. The summed E-state index contributed by atoms with van der Waals surface area (Å²) in [5.41, 5.74) is 3.52. The maximum Gasteiger partial charge on any atom is 0.119 e. The summed E-state index contributed by atoms with van der Waals surface area (Å²) in [6.07, 6.45) is 3.69. The zero-order chi connectivity index (χ0) is 14.4. The molecule has 1 aromatic heterocycles. The standard InChI is InChI=1S/C17H22N2O/c1-4-19-14(3)16-5-7-17(8-6-16)20-12-15-9-13(2)10-18-11-15/h5-11,14,19H,4,12H2,1-3H3. The summed E-state index contributed by atoms with van der Waals surface area (Å²) in [4.78, 5) is 4.17. The molecule has 2 rings (SSSR count). The monoisotopic (exact) mass is 270 g/mol. The van der Waals surface area contributed by atoms with Crippen LogP contribution in [0.2, 0.25) is 0 Å². The molecule has 1 N–H and O–H groups in total. The molecule has 0 fully saturated rings. The number of aromatic nitrogens is 1. The van der Waals surface area contributed by atoms with Crippen LogP contribution in [0.5, 0.6) is 5.75 Å². The van der Waals surface area contributed by atoms with Gasteiger partial charge in [0.15, 0.2) is 0 Å². The predicted octanol–water partition coefficient (Wildman–Crippen LogP) is 3.64. The van der Waals surface area contributed by atoms with E-state index in [1.54, 1.807) is 0 Å². The van der Waals surface area contributed by atoms with Crippen LogP contribution >= 0.6 is 0 Å². The van der Waals surface area contributed by atoms with Gasteiger partial charge in [-0.25, -0.2) is 0 Å². The molecule has 1 aromatic carbocycles. The van der Waals surface area contributed by atoms with Crippen molar-refractivity contribution < 1.29 is 4.74 Å². The van der Waals surface area contributed by atoms with E-state index in [9.17, 15) is 0 Å². The highest BCUT2D eigenvalue weighted by molar-refractivity contribution is 5.29. The van der Waals surface area contributed by atoms with Crippen molar-refractivity contribution in [3.8, 4) is 5.75 Å². The average molecular weight is 270 g/mol. The summed E-state index contributed by atoms with van der Waals surface area (Å²) in [6.45, 7) is 7.84. The van der Waals surface area contributed by atoms with Gasteiger partial charge in [0.1, 0.15) is 12.4 Å². The van der Waals surface area contributed by atoms with Gasteiger partial charge in [0.25, 0.3) is 0 Å². The Balaban J connectivity index is 1.94. The van der Waals surface area contributed by atoms with Crippen LogP contribution < -0.4 is 10.1 Å². The Hall–Kier alpha value is -1.87. The smallest absolute Gasteiger partial charge is 0.119 e. The third kappa shape index (κ3) is 4.07. The third-order valence-corrected chi connectivity index (χ3v) is 3.23. The Morgan fingerprint density at radius 3 is 2.60 bits per heavy atom.